The summed E-state index contributed by atoms with van der Waals surface area (Å²) < 4.78 is 0. The molecule has 0 N–H and O–H groups in total. The maximum atomic E-state index is 5.07. The Morgan fingerprint density at radius 1 is 0.812 bits per heavy atom. The van der Waals surface area contributed by atoms with Gasteiger partial charge in [0, 0.05) is 0 Å². The third-order valence-electron chi connectivity index (χ3n) is 2.12. The summed E-state index contributed by atoms with van der Waals surface area (Å²) in [6, 6.07) is 19.7. The molecule has 0 aliphatic heterocycles. The highest BCUT2D eigenvalue weighted by molar-refractivity contribution is 5.19. The van der Waals surface area contributed by atoms with Crippen LogP contribution in [0.25, 0.3) is 0 Å². The second-order valence-corrected chi connectivity index (χ2v) is 3.37. The minimum absolute atomic E-state index is 0.449. The van der Waals surface area contributed by atoms with Crippen molar-refractivity contribution in [2.45, 2.75) is 6.61 Å². The molecule has 0 saturated heterocycles. The SMILES string of the molecule is [CH](OOCc1ccccc1)c1ccccc1. The fourth-order valence-corrected chi connectivity index (χ4v) is 1.30. The minimum Gasteiger partial charge on any atom is -0.231 e. The highest BCUT2D eigenvalue weighted by Crippen LogP contribution is 2.05. The Morgan fingerprint density at radius 3 is 2.12 bits per heavy atom. The van der Waals surface area contributed by atoms with Crippen LogP contribution in [0.5, 0.6) is 0 Å². The van der Waals surface area contributed by atoms with Gasteiger partial charge in [-0.15, -0.1) is 0 Å². The Balaban J connectivity index is 1.70. The molecule has 1 radical (unpaired) electrons. The molecule has 0 aliphatic rings. The lowest BCUT2D eigenvalue weighted by molar-refractivity contribution is -0.273. The monoisotopic (exact) mass is 213 g/mol. The molecule has 0 heterocycles. The topological polar surface area (TPSA) is 18.5 Å². The van der Waals surface area contributed by atoms with Crippen molar-refractivity contribution in [3.63, 3.8) is 0 Å². The lowest BCUT2D eigenvalue weighted by atomic mass is 10.2. The number of benzene rings is 2. The Morgan fingerprint density at radius 2 is 1.44 bits per heavy atom. The van der Waals surface area contributed by atoms with E-state index in [9.17, 15) is 0 Å². The van der Waals surface area contributed by atoms with Gasteiger partial charge in [-0.05, 0) is 11.1 Å². The highest BCUT2D eigenvalue weighted by atomic mass is 17.2. The fraction of sp³-hybridized carbons (Fsp3) is 0.0714. The summed E-state index contributed by atoms with van der Waals surface area (Å²) in [6.45, 7) is 2.03. The Hall–Kier alpha value is -1.64. The molecule has 0 bridgehead atoms. The molecule has 0 aromatic heterocycles. The Kier molecular flexibility index (Phi) is 4.11. The molecule has 81 valence electrons. The lowest BCUT2D eigenvalue weighted by Crippen LogP contribution is -1.94. The van der Waals surface area contributed by atoms with Crippen LogP contribution in [0.15, 0.2) is 60.7 Å². The Bertz CT molecular complexity index is 356. The second kappa shape index (κ2) is 6.05. The summed E-state index contributed by atoms with van der Waals surface area (Å²) in [5, 5.41) is 0. The lowest BCUT2D eigenvalue weighted by Gasteiger charge is -2.03. The van der Waals surface area contributed by atoms with Crippen LogP contribution in [-0.4, -0.2) is 0 Å². The van der Waals surface area contributed by atoms with Crippen LogP contribution in [0.3, 0.4) is 0 Å². The quantitative estimate of drug-likeness (QED) is 0.431. The number of hydrogen-bond donors (Lipinski definition) is 0. The largest absolute Gasteiger partial charge is 0.231 e. The highest BCUT2D eigenvalue weighted by Gasteiger charge is 1.95. The van der Waals surface area contributed by atoms with Gasteiger partial charge in [-0.25, -0.2) is 9.78 Å². The van der Waals surface area contributed by atoms with Crippen LogP contribution >= 0.6 is 0 Å². The molecule has 0 atom stereocenters. The second-order valence-electron chi connectivity index (χ2n) is 3.37. The third-order valence-corrected chi connectivity index (χ3v) is 2.12. The molecule has 0 unspecified atom stereocenters. The molecule has 2 aromatic rings. The van der Waals surface area contributed by atoms with E-state index in [-0.39, 0.29) is 0 Å². The summed E-state index contributed by atoms with van der Waals surface area (Å²) in [7, 11) is 0. The predicted molar refractivity (Wildman–Crippen MR) is 62.2 cm³/mol. The minimum atomic E-state index is 0.449. The van der Waals surface area contributed by atoms with E-state index in [0.717, 1.165) is 11.1 Å². The normalized spacial score (nSPS) is 10.2. The molecule has 0 spiro atoms. The van der Waals surface area contributed by atoms with E-state index in [1.807, 2.05) is 60.7 Å². The first kappa shape index (κ1) is 10.9. The smallest absolute Gasteiger partial charge is 0.151 e. The van der Waals surface area contributed by atoms with Gasteiger partial charge in [0.05, 0.1) is 0 Å². The number of hydrogen-bond acceptors (Lipinski definition) is 2. The standard InChI is InChI=1S/C14H13O2/c1-3-7-13(8-4-1)11-15-16-12-14-9-5-2-6-10-14/h1-11H,12H2. The van der Waals surface area contributed by atoms with Gasteiger partial charge in [0.2, 0.25) is 0 Å². The molecule has 2 rings (SSSR count). The fourth-order valence-electron chi connectivity index (χ4n) is 1.30. The first-order chi connectivity index (χ1) is 7.95. The van der Waals surface area contributed by atoms with Crippen LogP contribution < -0.4 is 0 Å². The van der Waals surface area contributed by atoms with Gasteiger partial charge in [0.1, 0.15) is 6.61 Å². The molecule has 0 aliphatic carbocycles. The Labute approximate surface area is 95.4 Å². The molecule has 2 aromatic carbocycles. The van der Waals surface area contributed by atoms with Gasteiger partial charge in [0.15, 0.2) is 6.61 Å². The van der Waals surface area contributed by atoms with Crippen molar-refractivity contribution in [1.29, 1.82) is 0 Å². The predicted octanol–water partition coefficient (Wildman–Crippen LogP) is 3.34. The van der Waals surface area contributed by atoms with Gasteiger partial charge in [-0.2, -0.15) is 0 Å². The zero-order chi connectivity index (χ0) is 11.1. The van der Waals surface area contributed by atoms with Crippen molar-refractivity contribution in [3.8, 4) is 0 Å². The number of rotatable bonds is 5. The maximum absolute atomic E-state index is 5.07. The van der Waals surface area contributed by atoms with Gasteiger partial charge < -0.3 is 0 Å². The molecular formula is C14H13O2. The van der Waals surface area contributed by atoms with Crippen molar-refractivity contribution in [2.24, 2.45) is 0 Å². The van der Waals surface area contributed by atoms with E-state index in [0.29, 0.717) is 6.61 Å². The molecule has 0 fully saturated rings. The van der Waals surface area contributed by atoms with Crippen LogP contribution in [0.4, 0.5) is 0 Å². The van der Waals surface area contributed by atoms with Crippen LogP contribution in [0.1, 0.15) is 11.1 Å². The molecule has 0 amide bonds. The third kappa shape index (κ3) is 3.50. The summed E-state index contributed by atoms with van der Waals surface area (Å²) in [4.78, 5) is 10.1. The zero-order valence-corrected chi connectivity index (χ0v) is 8.87. The van der Waals surface area contributed by atoms with Crippen LogP contribution in [-0.2, 0) is 16.4 Å². The first-order valence-electron chi connectivity index (χ1n) is 5.15. The van der Waals surface area contributed by atoms with Crippen LogP contribution in [0, 0.1) is 6.61 Å². The molecular weight excluding hydrogens is 200 g/mol. The van der Waals surface area contributed by atoms with Crippen molar-refractivity contribution in [3.05, 3.63) is 78.4 Å². The molecule has 2 nitrogen and oxygen atoms in total. The molecule has 2 heteroatoms. The van der Waals surface area contributed by atoms with E-state index in [2.05, 4.69) is 0 Å². The van der Waals surface area contributed by atoms with Crippen molar-refractivity contribution in [1.82, 2.24) is 0 Å². The van der Waals surface area contributed by atoms with Gasteiger partial charge in [-0.3, -0.25) is 0 Å². The van der Waals surface area contributed by atoms with E-state index < -0.39 is 0 Å². The van der Waals surface area contributed by atoms with E-state index in [4.69, 9.17) is 9.78 Å². The molecule has 16 heavy (non-hydrogen) atoms. The van der Waals surface area contributed by atoms with Gasteiger partial charge >= 0.3 is 0 Å². The average Bonchev–Trinajstić information content (AvgIpc) is 2.37. The first-order valence-corrected chi connectivity index (χ1v) is 5.15. The summed E-state index contributed by atoms with van der Waals surface area (Å²) >= 11 is 0. The van der Waals surface area contributed by atoms with Crippen molar-refractivity contribution < 1.29 is 9.78 Å². The van der Waals surface area contributed by atoms with Gasteiger partial charge in [-0.1, -0.05) is 60.7 Å². The van der Waals surface area contributed by atoms with Crippen molar-refractivity contribution >= 4 is 0 Å². The van der Waals surface area contributed by atoms with Crippen molar-refractivity contribution in [2.75, 3.05) is 0 Å². The van der Waals surface area contributed by atoms with E-state index >= 15 is 0 Å². The summed E-state index contributed by atoms with van der Waals surface area (Å²) in [5.74, 6) is 0. The van der Waals surface area contributed by atoms with Gasteiger partial charge in [0.25, 0.3) is 0 Å². The molecule has 0 saturated carbocycles. The maximum Gasteiger partial charge on any atom is 0.151 e. The zero-order valence-electron chi connectivity index (χ0n) is 8.87. The average molecular weight is 213 g/mol. The summed E-state index contributed by atoms with van der Waals surface area (Å²) in [6.07, 6.45) is 0. The summed E-state index contributed by atoms with van der Waals surface area (Å²) in [5.41, 5.74) is 2.07. The van der Waals surface area contributed by atoms with E-state index in [1.54, 1.807) is 6.61 Å². The van der Waals surface area contributed by atoms with Crippen LogP contribution in [0.2, 0.25) is 0 Å². The van der Waals surface area contributed by atoms with E-state index in [1.165, 1.54) is 0 Å².